The van der Waals surface area contributed by atoms with E-state index in [2.05, 4.69) is 20.5 Å². The SMILES string of the molecule is O=c1c(-c2ccc(O)cc2)c(Nc2cc[nH]n2)[nH]c2c(-c3ccccc3)c(-c3ccccc3)nn12. The maximum Gasteiger partial charge on any atom is 0.284 e. The molecule has 0 saturated heterocycles. The minimum atomic E-state index is -0.304. The number of hydrogen-bond acceptors (Lipinski definition) is 5. The first-order valence-corrected chi connectivity index (χ1v) is 11.0. The first-order valence-electron chi connectivity index (χ1n) is 11.0. The van der Waals surface area contributed by atoms with Crippen LogP contribution in [-0.4, -0.2) is 29.9 Å². The van der Waals surface area contributed by atoms with E-state index in [1.807, 2.05) is 60.7 Å². The summed E-state index contributed by atoms with van der Waals surface area (Å²) in [7, 11) is 0. The molecule has 0 amide bonds. The molecule has 0 aliphatic carbocycles. The van der Waals surface area contributed by atoms with Crippen LogP contribution in [-0.2, 0) is 0 Å². The van der Waals surface area contributed by atoms with E-state index in [-0.39, 0.29) is 11.3 Å². The van der Waals surface area contributed by atoms with Gasteiger partial charge >= 0.3 is 0 Å². The molecule has 3 heterocycles. The lowest BCUT2D eigenvalue weighted by Crippen LogP contribution is -2.19. The van der Waals surface area contributed by atoms with Crippen molar-refractivity contribution in [3.05, 3.63) is 108 Å². The van der Waals surface area contributed by atoms with Crippen LogP contribution in [0.3, 0.4) is 0 Å². The molecule has 0 saturated carbocycles. The van der Waals surface area contributed by atoms with Gasteiger partial charge in [-0.2, -0.15) is 14.7 Å². The van der Waals surface area contributed by atoms with Crippen molar-refractivity contribution in [3.8, 4) is 39.3 Å². The second kappa shape index (κ2) is 8.35. The summed E-state index contributed by atoms with van der Waals surface area (Å²) < 4.78 is 1.41. The zero-order valence-electron chi connectivity index (χ0n) is 18.4. The Kier molecular flexibility index (Phi) is 4.89. The zero-order valence-corrected chi connectivity index (χ0v) is 18.4. The molecule has 0 atom stereocenters. The Hall–Kier alpha value is -5.11. The number of aromatic amines is 2. The van der Waals surface area contributed by atoms with Crippen LogP contribution in [0.25, 0.3) is 39.2 Å². The van der Waals surface area contributed by atoms with Gasteiger partial charge in [0, 0.05) is 17.8 Å². The maximum atomic E-state index is 13.9. The molecule has 0 fully saturated rings. The van der Waals surface area contributed by atoms with Gasteiger partial charge in [-0.05, 0) is 23.3 Å². The van der Waals surface area contributed by atoms with Crippen LogP contribution in [0.5, 0.6) is 5.75 Å². The number of aromatic hydroxyl groups is 1. The lowest BCUT2D eigenvalue weighted by molar-refractivity contribution is 0.475. The van der Waals surface area contributed by atoms with Gasteiger partial charge in [0.1, 0.15) is 22.9 Å². The minimum Gasteiger partial charge on any atom is -0.508 e. The van der Waals surface area contributed by atoms with Gasteiger partial charge in [-0.1, -0.05) is 72.8 Å². The molecule has 4 N–H and O–H groups in total. The van der Waals surface area contributed by atoms with Gasteiger partial charge in [0.25, 0.3) is 5.56 Å². The van der Waals surface area contributed by atoms with Crippen molar-refractivity contribution < 1.29 is 5.11 Å². The largest absolute Gasteiger partial charge is 0.508 e. The Morgan fingerprint density at radius 2 is 1.43 bits per heavy atom. The number of hydrogen-bond donors (Lipinski definition) is 4. The Morgan fingerprint density at radius 3 is 2.09 bits per heavy atom. The number of phenols is 1. The van der Waals surface area contributed by atoms with Gasteiger partial charge in [-0.25, -0.2) is 0 Å². The molecule has 0 aliphatic rings. The topological polar surface area (TPSA) is 111 Å². The number of rotatable bonds is 5. The first-order chi connectivity index (χ1) is 17.2. The number of nitrogens with zero attached hydrogens (tertiary/aromatic N) is 3. The van der Waals surface area contributed by atoms with E-state index in [0.717, 1.165) is 16.7 Å². The van der Waals surface area contributed by atoms with Crippen molar-refractivity contribution in [2.45, 2.75) is 0 Å². The van der Waals surface area contributed by atoms with Crippen molar-refractivity contribution >= 4 is 17.3 Å². The molecule has 0 aliphatic heterocycles. The zero-order chi connectivity index (χ0) is 23.8. The summed E-state index contributed by atoms with van der Waals surface area (Å²) in [6.45, 7) is 0. The fourth-order valence-electron chi connectivity index (χ4n) is 4.20. The second-order valence-corrected chi connectivity index (χ2v) is 8.03. The summed E-state index contributed by atoms with van der Waals surface area (Å²) in [5, 5.41) is 24.7. The predicted octanol–water partition coefficient (Wildman–Crippen LogP) is 5.20. The molecule has 3 aromatic heterocycles. The molecule has 0 radical (unpaired) electrons. The Labute approximate surface area is 199 Å². The Bertz CT molecular complexity index is 1670. The van der Waals surface area contributed by atoms with Crippen LogP contribution in [0.15, 0.2) is 102 Å². The lowest BCUT2D eigenvalue weighted by Gasteiger charge is -2.12. The number of anilines is 2. The Morgan fingerprint density at radius 1 is 0.771 bits per heavy atom. The molecule has 6 rings (SSSR count). The number of fused-ring (bicyclic) bond motifs is 1. The predicted molar refractivity (Wildman–Crippen MR) is 136 cm³/mol. The number of H-pyrrole nitrogens is 2. The third-order valence-electron chi connectivity index (χ3n) is 5.80. The van der Waals surface area contributed by atoms with Crippen LogP contribution in [0, 0.1) is 0 Å². The highest BCUT2D eigenvalue weighted by Gasteiger charge is 2.23. The molecule has 0 spiro atoms. The fraction of sp³-hybridized carbons (Fsp3) is 0. The second-order valence-electron chi connectivity index (χ2n) is 8.03. The van der Waals surface area contributed by atoms with E-state index in [1.165, 1.54) is 4.52 Å². The standard InChI is InChI=1S/C27H20N6O2/c34-20-13-11-18(12-14-20)23-25(29-21-15-16-28-31-21)30-26-22(17-7-3-1-4-8-17)24(32-33(26)27(23)35)19-9-5-2-6-10-19/h1-16,30,34H,(H2,28,29,31). The number of benzene rings is 3. The highest BCUT2D eigenvalue weighted by Crippen LogP contribution is 2.36. The van der Waals surface area contributed by atoms with Crippen LogP contribution in [0.4, 0.5) is 11.6 Å². The van der Waals surface area contributed by atoms with E-state index >= 15 is 0 Å². The highest BCUT2D eigenvalue weighted by molar-refractivity contribution is 5.92. The Balaban J connectivity index is 1.69. The quantitative estimate of drug-likeness (QED) is 0.283. The van der Waals surface area contributed by atoms with Gasteiger partial charge in [0.05, 0.1) is 11.1 Å². The summed E-state index contributed by atoms with van der Waals surface area (Å²) in [6.07, 6.45) is 1.70. The van der Waals surface area contributed by atoms with Crippen molar-refractivity contribution in [2.75, 3.05) is 5.32 Å². The summed E-state index contributed by atoms with van der Waals surface area (Å²) in [5.74, 6) is 1.14. The normalized spacial score (nSPS) is 11.1. The number of phenolic OH excluding ortho intramolecular Hbond substituents is 1. The molecule has 8 nitrogen and oxygen atoms in total. The summed E-state index contributed by atoms with van der Waals surface area (Å²) in [5.41, 5.74) is 4.59. The van der Waals surface area contributed by atoms with Gasteiger partial charge in [-0.15, -0.1) is 0 Å². The molecule has 170 valence electrons. The van der Waals surface area contributed by atoms with Gasteiger partial charge in [0.15, 0.2) is 5.82 Å². The lowest BCUT2D eigenvalue weighted by atomic mass is 10.0. The van der Waals surface area contributed by atoms with E-state index in [0.29, 0.717) is 34.1 Å². The van der Waals surface area contributed by atoms with Crippen molar-refractivity contribution in [1.29, 1.82) is 0 Å². The number of aromatic nitrogens is 5. The molecule has 0 bridgehead atoms. The van der Waals surface area contributed by atoms with Crippen molar-refractivity contribution in [2.24, 2.45) is 0 Å². The summed E-state index contributed by atoms with van der Waals surface area (Å²) in [4.78, 5) is 17.4. The van der Waals surface area contributed by atoms with Crippen molar-refractivity contribution in [3.63, 3.8) is 0 Å². The van der Waals surface area contributed by atoms with Crippen molar-refractivity contribution in [1.82, 2.24) is 24.8 Å². The smallest absolute Gasteiger partial charge is 0.284 e. The molecule has 0 unspecified atom stereocenters. The van der Waals surface area contributed by atoms with Gasteiger partial charge < -0.3 is 15.4 Å². The minimum absolute atomic E-state index is 0.116. The first kappa shape index (κ1) is 20.5. The van der Waals surface area contributed by atoms with Crippen LogP contribution in [0.1, 0.15) is 0 Å². The summed E-state index contributed by atoms with van der Waals surface area (Å²) >= 11 is 0. The average Bonchev–Trinajstić information content (AvgIpc) is 3.54. The van der Waals surface area contributed by atoms with Gasteiger partial charge in [0.2, 0.25) is 0 Å². The van der Waals surface area contributed by atoms with E-state index < -0.39 is 0 Å². The van der Waals surface area contributed by atoms with E-state index in [9.17, 15) is 9.90 Å². The third-order valence-corrected chi connectivity index (χ3v) is 5.80. The van der Waals surface area contributed by atoms with Gasteiger partial charge in [-0.3, -0.25) is 9.89 Å². The van der Waals surface area contributed by atoms with Crippen LogP contribution in [0.2, 0.25) is 0 Å². The van der Waals surface area contributed by atoms with Crippen LogP contribution >= 0.6 is 0 Å². The third kappa shape index (κ3) is 3.63. The van der Waals surface area contributed by atoms with E-state index in [1.54, 1.807) is 36.5 Å². The molecule has 6 aromatic rings. The number of nitrogens with one attached hydrogen (secondary N) is 3. The monoisotopic (exact) mass is 460 g/mol. The molecule has 3 aromatic carbocycles. The molecular weight excluding hydrogens is 440 g/mol. The maximum absolute atomic E-state index is 13.9. The summed E-state index contributed by atoms with van der Waals surface area (Å²) in [6, 6.07) is 27.9. The van der Waals surface area contributed by atoms with Crippen LogP contribution < -0.4 is 10.9 Å². The molecular formula is C27H20N6O2. The van der Waals surface area contributed by atoms with E-state index in [4.69, 9.17) is 5.10 Å². The molecule has 8 heteroatoms. The highest BCUT2D eigenvalue weighted by atomic mass is 16.3. The molecule has 35 heavy (non-hydrogen) atoms. The average molecular weight is 460 g/mol. The fourth-order valence-corrected chi connectivity index (χ4v) is 4.20.